The van der Waals surface area contributed by atoms with Gasteiger partial charge in [-0.25, -0.2) is 22.0 Å². The Morgan fingerprint density at radius 1 is 1.07 bits per heavy atom. The van der Waals surface area contributed by atoms with E-state index in [-0.39, 0.29) is 22.7 Å². The minimum absolute atomic E-state index is 0.0935. The monoisotopic (exact) mass is 442 g/mol. The first-order valence-electron chi connectivity index (χ1n) is 8.51. The van der Waals surface area contributed by atoms with Crippen molar-refractivity contribution in [3.63, 3.8) is 0 Å². The maximum Gasteiger partial charge on any atom is 0.337 e. The highest BCUT2D eigenvalue weighted by molar-refractivity contribution is 7.92. The van der Waals surface area contributed by atoms with Crippen LogP contribution in [0.5, 0.6) is 5.75 Å². The summed E-state index contributed by atoms with van der Waals surface area (Å²) in [5, 5.41) is 2.48. The third kappa shape index (κ3) is 5.03. The van der Waals surface area contributed by atoms with Crippen molar-refractivity contribution < 1.29 is 36.3 Å². The number of halogens is 2. The molecule has 0 aliphatic heterocycles. The van der Waals surface area contributed by atoms with Gasteiger partial charge in [0.05, 0.1) is 37.4 Å². The molecule has 0 saturated heterocycles. The summed E-state index contributed by atoms with van der Waals surface area (Å²) in [6.07, 6.45) is 0.830. The maximum atomic E-state index is 13.6. The second-order valence-electron chi connectivity index (χ2n) is 6.23. The van der Waals surface area contributed by atoms with E-state index in [4.69, 9.17) is 4.74 Å². The topological polar surface area (TPSA) is 102 Å². The summed E-state index contributed by atoms with van der Waals surface area (Å²) in [6, 6.07) is 5.29. The maximum absolute atomic E-state index is 13.6. The number of benzene rings is 2. The highest BCUT2D eigenvalue weighted by Crippen LogP contribution is 2.28. The average Bonchev–Trinajstić information content (AvgIpc) is 2.68. The molecule has 1 amide bonds. The van der Waals surface area contributed by atoms with Crippen LogP contribution >= 0.6 is 0 Å². The number of hydrogen-bond acceptors (Lipinski definition) is 6. The molecule has 0 saturated carbocycles. The lowest BCUT2D eigenvalue weighted by Gasteiger charge is -2.28. The van der Waals surface area contributed by atoms with Crippen molar-refractivity contribution in [1.82, 2.24) is 0 Å². The Balaban J connectivity index is 2.41. The van der Waals surface area contributed by atoms with Crippen LogP contribution in [0.25, 0.3) is 0 Å². The first kappa shape index (κ1) is 23.1. The lowest BCUT2D eigenvalue weighted by Crippen LogP contribution is -2.45. The SMILES string of the molecule is COC(=O)c1ccc(OC)c(NC(=O)[C@@H](C)N(c2ccc(F)c(F)c2)S(C)(=O)=O)c1. The zero-order chi connectivity index (χ0) is 22.6. The largest absolute Gasteiger partial charge is 0.495 e. The van der Waals surface area contributed by atoms with Crippen LogP contribution in [-0.4, -0.2) is 46.8 Å². The first-order chi connectivity index (χ1) is 14.0. The van der Waals surface area contributed by atoms with E-state index >= 15 is 0 Å². The van der Waals surface area contributed by atoms with Gasteiger partial charge in [-0.3, -0.25) is 9.10 Å². The minimum Gasteiger partial charge on any atom is -0.495 e. The molecule has 2 aromatic carbocycles. The summed E-state index contributed by atoms with van der Waals surface area (Å²) >= 11 is 0. The fourth-order valence-corrected chi connectivity index (χ4v) is 3.89. The number of hydrogen-bond donors (Lipinski definition) is 1. The normalized spacial score (nSPS) is 12.1. The van der Waals surface area contributed by atoms with Crippen molar-refractivity contribution in [3.8, 4) is 5.75 Å². The van der Waals surface area contributed by atoms with Gasteiger partial charge in [0.25, 0.3) is 0 Å². The van der Waals surface area contributed by atoms with E-state index in [0.29, 0.717) is 10.4 Å². The van der Waals surface area contributed by atoms with Gasteiger partial charge in [-0.1, -0.05) is 0 Å². The Hall–Kier alpha value is -3.21. The third-order valence-corrected chi connectivity index (χ3v) is 5.37. The Morgan fingerprint density at radius 2 is 1.73 bits per heavy atom. The molecular weight excluding hydrogens is 422 g/mol. The Morgan fingerprint density at radius 3 is 2.27 bits per heavy atom. The Bertz CT molecular complexity index is 1070. The number of carbonyl (C=O) groups is 2. The Kier molecular flexibility index (Phi) is 6.98. The fraction of sp³-hybridized carbons (Fsp3) is 0.263. The molecule has 0 radical (unpaired) electrons. The van der Waals surface area contributed by atoms with Crippen molar-refractivity contribution in [3.05, 3.63) is 53.6 Å². The smallest absolute Gasteiger partial charge is 0.337 e. The summed E-state index contributed by atoms with van der Waals surface area (Å²) in [6.45, 7) is 1.27. The first-order valence-corrected chi connectivity index (χ1v) is 10.4. The van der Waals surface area contributed by atoms with E-state index in [1.165, 1.54) is 39.3 Å². The Labute approximate surface area is 172 Å². The van der Waals surface area contributed by atoms with Gasteiger partial charge in [-0.15, -0.1) is 0 Å². The summed E-state index contributed by atoms with van der Waals surface area (Å²) < 4.78 is 61.9. The van der Waals surface area contributed by atoms with Crippen LogP contribution in [0.3, 0.4) is 0 Å². The molecular formula is C19H20F2N2O6S. The molecule has 0 fully saturated rings. The molecule has 0 spiro atoms. The van der Waals surface area contributed by atoms with E-state index in [9.17, 15) is 26.8 Å². The standard InChI is InChI=1S/C19H20F2N2O6S/c1-11(23(30(4,26)27)13-6-7-14(20)15(21)10-13)18(24)22-16-9-12(19(25)29-3)5-8-17(16)28-2/h5-11H,1-4H3,(H,22,24)/t11-/m1/s1. The molecule has 1 N–H and O–H groups in total. The van der Waals surface area contributed by atoms with Crippen molar-refractivity contribution in [2.45, 2.75) is 13.0 Å². The number of nitrogens with one attached hydrogen (secondary N) is 1. The number of ether oxygens (including phenoxy) is 2. The quantitative estimate of drug-likeness (QED) is 0.662. The highest BCUT2D eigenvalue weighted by atomic mass is 32.2. The predicted octanol–water partition coefficient (Wildman–Crippen LogP) is 2.55. The van der Waals surface area contributed by atoms with Crippen LogP contribution in [0.4, 0.5) is 20.2 Å². The number of esters is 1. The second kappa shape index (κ2) is 9.08. The fourth-order valence-electron chi connectivity index (χ4n) is 2.72. The van der Waals surface area contributed by atoms with Gasteiger partial charge in [0.1, 0.15) is 11.8 Å². The van der Waals surface area contributed by atoms with Crippen LogP contribution in [0.2, 0.25) is 0 Å². The third-order valence-electron chi connectivity index (χ3n) is 4.12. The van der Waals surface area contributed by atoms with Gasteiger partial charge in [-0.05, 0) is 37.3 Å². The van der Waals surface area contributed by atoms with Gasteiger partial charge < -0.3 is 14.8 Å². The van der Waals surface area contributed by atoms with E-state index in [0.717, 1.165) is 18.4 Å². The summed E-state index contributed by atoms with van der Waals surface area (Å²) in [5.74, 6) is -3.66. The molecule has 2 aromatic rings. The van der Waals surface area contributed by atoms with Crippen LogP contribution in [-0.2, 0) is 19.6 Å². The molecule has 8 nitrogen and oxygen atoms in total. The molecule has 0 aromatic heterocycles. The predicted molar refractivity (Wildman–Crippen MR) is 106 cm³/mol. The van der Waals surface area contributed by atoms with E-state index in [1.807, 2.05) is 0 Å². The zero-order valence-electron chi connectivity index (χ0n) is 16.6. The van der Waals surface area contributed by atoms with Crippen LogP contribution in [0.15, 0.2) is 36.4 Å². The number of carbonyl (C=O) groups excluding carboxylic acids is 2. The number of anilines is 2. The molecule has 1 atom stereocenters. The number of sulfonamides is 1. The van der Waals surface area contributed by atoms with E-state index in [2.05, 4.69) is 10.1 Å². The van der Waals surface area contributed by atoms with Crippen molar-refractivity contribution in [1.29, 1.82) is 0 Å². The van der Waals surface area contributed by atoms with E-state index < -0.39 is 39.6 Å². The van der Waals surface area contributed by atoms with Gasteiger partial charge >= 0.3 is 5.97 Å². The molecule has 0 aliphatic rings. The molecule has 30 heavy (non-hydrogen) atoms. The summed E-state index contributed by atoms with van der Waals surface area (Å²) in [4.78, 5) is 24.5. The summed E-state index contributed by atoms with van der Waals surface area (Å²) in [7, 11) is -1.51. The van der Waals surface area contributed by atoms with Crippen molar-refractivity contribution in [2.24, 2.45) is 0 Å². The van der Waals surface area contributed by atoms with Gasteiger partial charge in [0, 0.05) is 6.07 Å². The molecule has 11 heteroatoms. The lowest BCUT2D eigenvalue weighted by molar-refractivity contribution is -0.116. The molecule has 0 aliphatic carbocycles. The van der Waals surface area contributed by atoms with E-state index in [1.54, 1.807) is 0 Å². The lowest BCUT2D eigenvalue weighted by atomic mass is 10.1. The molecule has 2 rings (SSSR count). The number of rotatable bonds is 7. The van der Waals surface area contributed by atoms with Gasteiger partial charge in [0.2, 0.25) is 15.9 Å². The molecule has 0 heterocycles. The average molecular weight is 442 g/mol. The zero-order valence-corrected chi connectivity index (χ0v) is 17.4. The molecule has 0 unspecified atom stereocenters. The van der Waals surface area contributed by atoms with Crippen LogP contribution in [0.1, 0.15) is 17.3 Å². The molecule has 0 bridgehead atoms. The van der Waals surface area contributed by atoms with Crippen LogP contribution in [0, 0.1) is 11.6 Å². The number of methoxy groups -OCH3 is 2. The van der Waals surface area contributed by atoms with Gasteiger partial charge in [0.15, 0.2) is 11.6 Å². The second-order valence-corrected chi connectivity index (χ2v) is 8.09. The molecule has 162 valence electrons. The number of amides is 1. The van der Waals surface area contributed by atoms with Crippen LogP contribution < -0.4 is 14.4 Å². The minimum atomic E-state index is -4.05. The summed E-state index contributed by atoms with van der Waals surface area (Å²) in [5.41, 5.74) is -0.00728. The highest BCUT2D eigenvalue weighted by Gasteiger charge is 2.30. The van der Waals surface area contributed by atoms with Gasteiger partial charge in [-0.2, -0.15) is 0 Å². The van der Waals surface area contributed by atoms with Crippen molar-refractivity contribution in [2.75, 3.05) is 30.1 Å². The number of nitrogens with zero attached hydrogens (tertiary/aromatic N) is 1. The van der Waals surface area contributed by atoms with Crippen molar-refractivity contribution >= 4 is 33.3 Å².